The predicted molar refractivity (Wildman–Crippen MR) is 52.3 cm³/mol. The van der Waals surface area contributed by atoms with Gasteiger partial charge >= 0.3 is 0 Å². The van der Waals surface area contributed by atoms with Crippen LogP contribution >= 0.6 is 11.8 Å². The van der Waals surface area contributed by atoms with Crippen LogP contribution in [-0.4, -0.2) is 22.1 Å². The fraction of sp³-hybridized carbons (Fsp3) is 0.875. The van der Waals surface area contributed by atoms with Gasteiger partial charge < -0.3 is 10.8 Å². The summed E-state index contributed by atoms with van der Waals surface area (Å²) in [5, 5.41) is 16.6. The van der Waals surface area contributed by atoms with Crippen molar-refractivity contribution in [3.8, 4) is 0 Å². The molecule has 0 aromatic heterocycles. The Morgan fingerprint density at radius 1 is 1.58 bits per heavy atom. The van der Waals surface area contributed by atoms with Gasteiger partial charge in [0.25, 0.3) is 0 Å². The Morgan fingerprint density at radius 2 is 2.33 bits per heavy atom. The van der Waals surface area contributed by atoms with Crippen molar-refractivity contribution in [1.82, 2.24) is 0 Å². The van der Waals surface area contributed by atoms with Gasteiger partial charge in [-0.05, 0) is 25.2 Å². The molecule has 1 fully saturated rings. The van der Waals surface area contributed by atoms with Crippen molar-refractivity contribution < 1.29 is 5.11 Å². The third-order valence-corrected chi connectivity index (χ3v) is 3.18. The Labute approximate surface area is 77.2 Å². The normalized spacial score (nSPS) is 30.1. The smallest absolute Gasteiger partial charge is 0.151 e. The summed E-state index contributed by atoms with van der Waals surface area (Å²) in [6.45, 7) is 0. The van der Waals surface area contributed by atoms with E-state index in [2.05, 4.69) is 0 Å². The summed E-state index contributed by atoms with van der Waals surface area (Å²) in [5.41, 5.74) is 5.23. The predicted octanol–water partition coefficient (Wildman–Crippen LogP) is 1.16. The summed E-state index contributed by atoms with van der Waals surface area (Å²) in [7, 11) is 0. The highest BCUT2D eigenvalue weighted by Crippen LogP contribution is 2.26. The molecule has 0 radical (unpaired) electrons. The number of aliphatic hydroxyl groups excluding tert-OH is 1. The molecule has 1 aliphatic rings. The minimum Gasteiger partial charge on any atom is -0.393 e. The van der Waals surface area contributed by atoms with Crippen molar-refractivity contribution >= 4 is 16.9 Å². The molecular weight excluding hydrogens is 172 g/mol. The lowest BCUT2D eigenvalue weighted by atomic mass is 9.89. The highest BCUT2D eigenvalue weighted by Gasteiger charge is 2.19. The van der Waals surface area contributed by atoms with E-state index >= 15 is 0 Å². The number of amidine groups is 1. The molecule has 0 saturated heterocycles. The molecule has 0 amide bonds. The van der Waals surface area contributed by atoms with E-state index in [1.54, 1.807) is 0 Å². The van der Waals surface area contributed by atoms with Crippen molar-refractivity contribution in [3.05, 3.63) is 0 Å². The third kappa shape index (κ3) is 3.45. The number of nitrogens with one attached hydrogen (secondary N) is 1. The van der Waals surface area contributed by atoms with Crippen LogP contribution in [0, 0.1) is 11.3 Å². The van der Waals surface area contributed by atoms with Gasteiger partial charge in [-0.1, -0.05) is 18.2 Å². The number of nitrogens with two attached hydrogens (primary N) is 1. The van der Waals surface area contributed by atoms with E-state index in [0.29, 0.717) is 5.92 Å². The molecule has 1 saturated carbocycles. The zero-order valence-electron chi connectivity index (χ0n) is 7.12. The minimum absolute atomic E-state index is 0.115. The molecule has 0 heterocycles. The zero-order chi connectivity index (χ0) is 8.97. The highest BCUT2D eigenvalue weighted by molar-refractivity contribution is 8.13. The summed E-state index contributed by atoms with van der Waals surface area (Å²) >= 11 is 1.39. The van der Waals surface area contributed by atoms with Crippen LogP contribution in [0.1, 0.15) is 25.7 Å². The molecule has 4 N–H and O–H groups in total. The Morgan fingerprint density at radius 3 is 2.92 bits per heavy atom. The average Bonchev–Trinajstić information content (AvgIpc) is 2.01. The Balaban J connectivity index is 2.18. The molecular formula is C8H16N2OS. The number of hydrogen-bond donors (Lipinski definition) is 3. The first kappa shape index (κ1) is 9.86. The Bertz CT molecular complexity index is 163. The van der Waals surface area contributed by atoms with Crippen molar-refractivity contribution in [1.29, 1.82) is 5.41 Å². The van der Waals surface area contributed by atoms with Crippen LogP contribution in [0.2, 0.25) is 0 Å². The summed E-state index contributed by atoms with van der Waals surface area (Å²) in [4.78, 5) is 0. The maximum Gasteiger partial charge on any atom is 0.151 e. The van der Waals surface area contributed by atoms with Crippen LogP contribution in [0.3, 0.4) is 0 Å². The lowest BCUT2D eigenvalue weighted by Crippen LogP contribution is -2.22. The van der Waals surface area contributed by atoms with Crippen molar-refractivity contribution in [2.45, 2.75) is 31.8 Å². The average molecular weight is 188 g/mol. The number of aliphatic hydroxyl groups is 1. The molecule has 12 heavy (non-hydrogen) atoms. The number of thioether (sulfide) groups is 1. The van der Waals surface area contributed by atoms with Crippen LogP contribution in [0.15, 0.2) is 0 Å². The van der Waals surface area contributed by atoms with Crippen molar-refractivity contribution in [2.24, 2.45) is 11.7 Å². The van der Waals surface area contributed by atoms with Gasteiger partial charge in [0.15, 0.2) is 5.17 Å². The minimum atomic E-state index is -0.115. The first-order chi connectivity index (χ1) is 5.68. The van der Waals surface area contributed by atoms with E-state index in [4.69, 9.17) is 11.1 Å². The van der Waals surface area contributed by atoms with Crippen LogP contribution in [0.25, 0.3) is 0 Å². The second kappa shape index (κ2) is 4.72. The van der Waals surface area contributed by atoms with Crippen LogP contribution in [-0.2, 0) is 0 Å². The molecule has 0 aromatic rings. The lowest BCUT2D eigenvalue weighted by Gasteiger charge is -2.25. The number of hydrogen-bond acceptors (Lipinski definition) is 3. The van der Waals surface area contributed by atoms with Crippen molar-refractivity contribution in [2.75, 3.05) is 5.75 Å². The summed E-state index contributed by atoms with van der Waals surface area (Å²) in [6, 6.07) is 0. The lowest BCUT2D eigenvalue weighted by molar-refractivity contribution is 0.107. The third-order valence-electron chi connectivity index (χ3n) is 2.23. The highest BCUT2D eigenvalue weighted by atomic mass is 32.2. The molecule has 70 valence electrons. The van der Waals surface area contributed by atoms with Gasteiger partial charge in [0.05, 0.1) is 6.10 Å². The molecule has 4 heteroatoms. The Kier molecular flexibility index (Phi) is 3.88. The largest absolute Gasteiger partial charge is 0.393 e. The van der Waals surface area contributed by atoms with E-state index < -0.39 is 0 Å². The van der Waals surface area contributed by atoms with Crippen molar-refractivity contribution in [3.63, 3.8) is 0 Å². The zero-order valence-corrected chi connectivity index (χ0v) is 7.94. The molecule has 2 unspecified atom stereocenters. The van der Waals surface area contributed by atoms with E-state index in [0.717, 1.165) is 25.0 Å². The molecule has 0 aliphatic heterocycles. The molecule has 1 rings (SSSR count). The summed E-state index contributed by atoms with van der Waals surface area (Å²) in [5.74, 6) is 1.45. The molecule has 0 spiro atoms. The quantitative estimate of drug-likeness (QED) is 0.450. The van der Waals surface area contributed by atoms with Crippen LogP contribution in [0.5, 0.6) is 0 Å². The summed E-state index contributed by atoms with van der Waals surface area (Å²) in [6.07, 6.45) is 4.01. The van der Waals surface area contributed by atoms with E-state index in [1.807, 2.05) is 0 Å². The molecule has 0 aromatic carbocycles. The molecule has 0 bridgehead atoms. The van der Waals surface area contributed by atoms with Crippen LogP contribution < -0.4 is 5.73 Å². The molecule has 2 atom stereocenters. The van der Waals surface area contributed by atoms with Gasteiger partial charge in [0, 0.05) is 5.75 Å². The van der Waals surface area contributed by atoms with E-state index in [9.17, 15) is 5.11 Å². The second-order valence-electron chi connectivity index (χ2n) is 3.36. The second-order valence-corrected chi connectivity index (χ2v) is 4.42. The maximum atomic E-state index is 9.35. The van der Waals surface area contributed by atoms with Gasteiger partial charge in [-0.2, -0.15) is 0 Å². The monoisotopic (exact) mass is 188 g/mol. The van der Waals surface area contributed by atoms with Gasteiger partial charge in [0.1, 0.15) is 0 Å². The van der Waals surface area contributed by atoms with Gasteiger partial charge in [-0.3, -0.25) is 5.41 Å². The summed E-state index contributed by atoms with van der Waals surface area (Å²) < 4.78 is 0. The molecule has 3 nitrogen and oxygen atoms in total. The molecule has 1 aliphatic carbocycles. The van der Waals surface area contributed by atoms with Gasteiger partial charge in [-0.25, -0.2) is 0 Å². The Hall–Kier alpha value is -0.220. The standard InChI is InChI=1S/C8H16N2OS/c9-8(10)12-5-6-2-1-3-7(11)4-6/h6-7,11H,1-5H2,(H3,9,10). The first-order valence-corrected chi connectivity index (χ1v) is 5.32. The SMILES string of the molecule is N=C(N)SCC1CCCC(O)C1. The van der Waals surface area contributed by atoms with E-state index in [1.165, 1.54) is 18.2 Å². The van der Waals surface area contributed by atoms with Gasteiger partial charge in [-0.15, -0.1) is 0 Å². The maximum absolute atomic E-state index is 9.35. The fourth-order valence-electron chi connectivity index (χ4n) is 1.62. The van der Waals surface area contributed by atoms with Gasteiger partial charge in [0.2, 0.25) is 0 Å². The topological polar surface area (TPSA) is 70.1 Å². The van der Waals surface area contributed by atoms with E-state index in [-0.39, 0.29) is 11.3 Å². The fourth-order valence-corrected chi connectivity index (χ4v) is 2.34. The first-order valence-electron chi connectivity index (χ1n) is 4.33. The number of rotatable bonds is 2. The van der Waals surface area contributed by atoms with Crippen LogP contribution in [0.4, 0.5) is 0 Å².